The number of aryl methyl sites for hydroxylation is 1. The SMILES string of the molecule is Cc1cc(Br)c(Cl)cc1N1C(=O)[C@@H]2CC[C@@H](c3ccccc3)C[C@H]2C1=O. The molecular weight excluding hydrogens is 414 g/mol. The Hall–Kier alpha value is -1.65. The maximum Gasteiger partial charge on any atom is 0.237 e. The van der Waals surface area contributed by atoms with Gasteiger partial charge in [-0.25, -0.2) is 4.90 Å². The predicted molar refractivity (Wildman–Crippen MR) is 106 cm³/mol. The minimum Gasteiger partial charge on any atom is -0.274 e. The molecule has 2 aliphatic rings. The first-order chi connectivity index (χ1) is 12.5. The number of imide groups is 1. The highest BCUT2D eigenvalue weighted by Crippen LogP contribution is 2.46. The summed E-state index contributed by atoms with van der Waals surface area (Å²) in [4.78, 5) is 27.5. The van der Waals surface area contributed by atoms with E-state index in [0.717, 1.165) is 29.3 Å². The first-order valence-corrected chi connectivity index (χ1v) is 10.0. The molecule has 26 heavy (non-hydrogen) atoms. The van der Waals surface area contributed by atoms with Gasteiger partial charge in [0.15, 0.2) is 0 Å². The number of halogens is 2. The lowest BCUT2D eigenvalue weighted by Crippen LogP contribution is -2.31. The Kier molecular flexibility index (Phi) is 4.66. The van der Waals surface area contributed by atoms with Crippen LogP contribution in [0.2, 0.25) is 5.02 Å². The maximum absolute atomic E-state index is 13.1. The third-order valence-electron chi connectivity index (χ3n) is 5.68. The van der Waals surface area contributed by atoms with Crippen LogP contribution in [0.5, 0.6) is 0 Å². The molecule has 1 aliphatic heterocycles. The van der Waals surface area contributed by atoms with E-state index in [0.29, 0.717) is 16.6 Å². The number of hydrogen-bond acceptors (Lipinski definition) is 2. The van der Waals surface area contributed by atoms with Crippen LogP contribution < -0.4 is 4.90 Å². The van der Waals surface area contributed by atoms with Crippen LogP contribution in [0.3, 0.4) is 0 Å². The molecule has 2 amide bonds. The molecular formula is C21H19BrClNO2. The zero-order chi connectivity index (χ0) is 18.4. The Morgan fingerprint density at radius 2 is 1.73 bits per heavy atom. The van der Waals surface area contributed by atoms with E-state index in [4.69, 9.17) is 11.6 Å². The average Bonchev–Trinajstić information content (AvgIpc) is 2.89. The average molecular weight is 433 g/mol. The van der Waals surface area contributed by atoms with Gasteiger partial charge in [-0.05, 0) is 71.3 Å². The summed E-state index contributed by atoms with van der Waals surface area (Å²) in [6.45, 7) is 1.89. The van der Waals surface area contributed by atoms with Crippen LogP contribution in [-0.2, 0) is 9.59 Å². The minimum absolute atomic E-state index is 0.0759. The second kappa shape index (κ2) is 6.82. The van der Waals surface area contributed by atoms with Crippen molar-refractivity contribution < 1.29 is 9.59 Å². The van der Waals surface area contributed by atoms with Crippen molar-refractivity contribution in [1.82, 2.24) is 0 Å². The number of rotatable bonds is 2. The van der Waals surface area contributed by atoms with Gasteiger partial charge in [-0.3, -0.25) is 9.59 Å². The van der Waals surface area contributed by atoms with Crippen molar-refractivity contribution in [3.63, 3.8) is 0 Å². The van der Waals surface area contributed by atoms with Crippen molar-refractivity contribution in [3.05, 3.63) is 63.1 Å². The van der Waals surface area contributed by atoms with Crippen molar-refractivity contribution >= 4 is 45.0 Å². The van der Waals surface area contributed by atoms with Crippen LogP contribution >= 0.6 is 27.5 Å². The van der Waals surface area contributed by atoms with Crippen LogP contribution in [0.1, 0.15) is 36.3 Å². The number of benzene rings is 2. The van der Waals surface area contributed by atoms with Crippen molar-refractivity contribution in [2.75, 3.05) is 4.90 Å². The fourth-order valence-electron chi connectivity index (χ4n) is 4.32. The molecule has 5 heteroatoms. The highest BCUT2D eigenvalue weighted by molar-refractivity contribution is 9.10. The van der Waals surface area contributed by atoms with Crippen molar-refractivity contribution in [2.24, 2.45) is 11.8 Å². The summed E-state index contributed by atoms with van der Waals surface area (Å²) in [5.41, 5.74) is 2.73. The quantitative estimate of drug-likeness (QED) is 0.589. The molecule has 0 bridgehead atoms. The van der Waals surface area contributed by atoms with Gasteiger partial charge in [0.25, 0.3) is 0 Å². The van der Waals surface area contributed by atoms with E-state index in [1.807, 2.05) is 31.2 Å². The number of hydrogen-bond donors (Lipinski definition) is 0. The molecule has 0 N–H and O–H groups in total. The molecule has 3 nitrogen and oxygen atoms in total. The van der Waals surface area contributed by atoms with Gasteiger partial charge in [0.05, 0.1) is 22.5 Å². The summed E-state index contributed by atoms with van der Waals surface area (Å²) in [6, 6.07) is 13.9. The molecule has 3 atom stereocenters. The number of amides is 2. The number of fused-ring (bicyclic) bond motifs is 1. The first kappa shape index (κ1) is 17.7. The third-order valence-corrected chi connectivity index (χ3v) is 6.87. The lowest BCUT2D eigenvalue weighted by Gasteiger charge is -2.28. The molecule has 1 heterocycles. The highest BCUT2D eigenvalue weighted by Gasteiger charge is 2.51. The fraction of sp³-hybridized carbons (Fsp3) is 0.333. The number of nitrogens with zero attached hydrogens (tertiary/aromatic N) is 1. The molecule has 2 aromatic carbocycles. The topological polar surface area (TPSA) is 37.4 Å². The van der Waals surface area contributed by atoms with Gasteiger partial charge in [0, 0.05) is 4.47 Å². The molecule has 4 rings (SSSR count). The third kappa shape index (κ3) is 2.89. The Balaban J connectivity index is 1.65. The smallest absolute Gasteiger partial charge is 0.237 e. The summed E-state index contributed by atoms with van der Waals surface area (Å²) in [7, 11) is 0. The Labute approximate surface area is 166 Å². The zero-order valence-electron chi connectivity index (χ0n) is 14.4. The maximum atomic E-state index is 13.1. The molecule has 0 spiro atoms. The van der Waals surface area contributed by atoms with E-state index in [1.165, 1.54) is 10.5 Å². The van der Waals surface area contributed by atoms with Crippen LogP contribution in [0.15, 0.2) is 46.9 Å². The lowest BCUT2D eigenvalue weighted by atomic mass is 9.73. The molecule has 134 valence electrons. The number of carbonyl (C=O) groups is 2. The Bertz CT molecular complexity index is 883. The van der Waals surface area contributed by atoms with Gasteiger partial charge in [0.2, 0.25) is 11.8 Å². The Morgan fingerprint density at radius 1 is 1.04 bits per heavy atom. The summed E-state index contributed by atoms with van der Waals surface area (Å²) in [5, 5.41) is 0.503. The second-order valence-electron chi connectivity index (χ2n) is 7.20. The summed E-state index contributed by atoms with van der Waals surface area (Å²) >= 11 is 9.61. The summed E-state index contributed by atoms with van der Waals surface area (Å²) in [5.74, 6) is -0.258. The summed E-state index contributed by atoms with van der Waals surface area (Å²) < 4.78 is 0.765. The molecule has 1 aliphatic carbocycles. The zero-order valence-corrected chi connectivity index (χ0v) is 16.8. The molecule has 0 unspecified atom stereocenters. The van der Waals surface area contributed by atoms with E-state index < -0.39 is 0 Å². The van der Waals surface area contributed by atoms with Gasteiger partial charge < -0.3 is 0 Å². The molecule has 0 aromatic heterocycles. The van der Waals surface area contributed by atoms with E-state index >= 15 is 0 Å². The first-order valence-electron chi connectivity index (χ1n) is 8.85. The fourth-order valence-corrected chi connectivity index (χ4v) is 4.94. The minimum atomic E-state index is -0.233. The standard InChI is InChI=1S/C21H19BrClNO2/c1-12-9-17(22)18(23)11-19(12)24-20(25)15-8-7-14(10-16(15)21(24)26)13-5-3-2-4-6-13/h2-6,9,11,14-16H,7-8,10H2,1H3/t14-,15-,16-/m1/s1. The van der Waals surface area contributed by atoms with Crippen LogP contribution in [0.25, 0.3) is 0 Å². The molecule has 2 fully saturated rings. The highest BCUT2D eigenvalue weighted by atomic mass is 79.9. The Morgan fingerprint density at radius 3 is 2.46 bits per heavy atom. The van der Waals surface area contributed by atoms with Crippen LogP contribution in [0, 0.1) is 18.8 Å². The number of anilines is 1. The van der Waals surface area contributed by atoms with Crippen LogP contribution in [-0.4, -0.2) is 11.8 Å². The molecule has 2 aromatic rings. The number of carbonyl (C=O) groups excluding carboxylic acids is 2. The van der Waals surface area contributed by atoms with Gasteiger partial charge in [-0.15, -0.1) is 0 Å². The molecule has 1 saturated carbocycles. The van der Waals surface area contributed by atoms with E-state index in [-0.39, 0.29) is 23.7 Å². The van der Waals surface area contributed by atoms with Gasteiger partial charge in [-0.2, -0.15) is 0 Å². The van der Waals surface area contributed by atoms with Gasteiger partial charge >= 0.3 is 0 Å². The predicted octanol–water partition coefficient (Wildman–Crippen LogP) is 5.48. The largest absolute Gasteiger partial charge is 0.274 e. The van der Waals surface area contributed by atoms with Crippen LogP contribution in [0.4, 0.5) is 5.69 Å². The van der Waals surface area contributed by atoms with E-state index in [9.17, 15) is 9.59 Å². The van der Waals surface area contributed by atoms with Crippen molar-refractivity contribution in [1.29, 1.82) is 0 Å². The van der Waals surface area contributed by atoms with Gasteiger partial charge in [0.1, 0.15) is 0 Å². The molecule has 1 saturated heterocycles. The lowest BCUT2D eigenvalue weighted by molar-refractivity contribution is -0.122. The monoisotopic (exact) mass is 431 g/mol. The van der Waals surface area contributed by atoms with Crippen molar-refractivity contribution in [3.8, 4) is 0 Å². The molecule has 0 radical (unpaired) electrons. The van der Waals surface area contributed by atoms with E-state index in [2.05, 4.69) is 28.1 Å². The normalized spacial score (nSPS) is 25.5. The second-order valence-corrected chi connectivity index (χ2v) is 8.46. The van der Waals surface area contributed by atoms with Crippen molar-refractivity contribution in [2.45, 2.75) is 32.1 Å². The van der Waals surface area contributed by atoms with E-state index in [1.54, 1.807) is 6.07 Å². The van der Waals surface area contributed by atoms with Gasteiger partial charge in [-0.1, -0.05) is 41.9 Å². The summed E-state index contributed by atoms with van der Waals surface area (Å²) in [6.07, 6.45) is 2.44.